The maximum atomic E-state index is 11.6. The van der Waals surface area contributed by atoms with Crippen molar-refractivity contribution in [2.45, 2.75) is 18.9 Å². The first-order valence-corrected chi connectivity index (χ1v) is 9.66. The van der Waals surface area contributed by atoms with Gasteiger partial charge in [0.2, 0.25) is 0 Å². The fourth-order valence-electron chi connectivity index (χ4n) is 3.26. The Morgan fingerprint density at radius 1 is 1.22 bits per heavy atom. The van der Waals surface area contributed by atoms with Crippen LogP contribution in [-0.4, -0.2) is 35.3 Å². The van der Waals surface area contributed by atoms with Crippen molar-refractivity contribution in [3.05, 3.63) is 59.1 Å². The first-order valence-electron chi connectivity index (χ1n) is 8.84. The van der Waals surface area contributed by atoms with E-state index < -0.39 is 0 Å². The number of hydrogen-bond donors (Lipinski definition) is 1. The van der Waals surface area contributed by atoms with Crippen molar-refractivity contribution < 1.29 is 14.3 Å². The molecule has 1 aromatic carbocycles. The highest BCUT2D eigenvalue weighted by molar-refractivity contribution is 8.18. The normalized spacial score (nSPS) is 21.0. The molecule has 1 N–H and O–H groups in total. The predicted molar refractivity (Wildman–Crippen MR) is 106 cm³/mol. The molecule has 27 heavy (non-hydrogen) atoms. The van der Waals surface area contributed by atoms with E-state index in [9.17, 15) is 9.59 Å². The Hall–Kier alpha value is -2.80. The van der Waals surface area contributed by atoms with Crippen LogP contribution in [0.4, 0.5) is 10.6 Å². The average molecular weight is 381 g/mol. The molecule has 2 fully saturated rings. The van der Waals surface area contributed by atoms with Gasteiger partial charge in [0.05, 0.1) is 10.9 Å². The summed E-state index contributed by atoms with van der Waals surface area (Å²) in [4.78, 5) is 30.0. The Morgan fingerprint density at radius 2 is 2.07 bits per heavy atom. The first kappa shape index (κ1) is 17.6. The lowest BCUT2D eigenvalue weighted by Crippen LogP contribution is -2.34. The van der Waals surface area contributed by atoms with E-state index in [1.165, 1.54) is 0 Å². The lowest BCUT2D eigenvalue weighted by Gasteiger charge is -2.25. The van der Waals surface area contributed by atoms with Gasteiger partial charge in [0.15, 0.2) is 0 Å². The summed E-state index contributed by atoms with van der Waals surface area (Å²) in [6.45, 7) is 1.60. The van der Waals surface area contributed by atoms with Crippen molar-refractivity contribution in [1.29, 1.82) is 0 Å². The number of carbonyl (C=O) groups excluding carboxylic acids is 2. The second-order valence-corrected chi connectivity index (χ2v) is 7.42. The average Bonchev–Trinajstić information content (AvgIpc) is 3.28. The predicted octanol–water partition coefficient (Wildman–Crippen LogP) is 3.45. The topological polar surface area (TPSA) is 71.5 Å². The van der Waals surface area contributed by atoms with Crippen molar-refractivity contribution in [1.82, 2.24) is 10.3 Å². The Morgan fingerprint density at radius 3 is 2.78 bits per heavy atom. The third kappa shape index (κ3) is 4.14. The number of ether oxygens (including phenoxy) is 1. The van der Waals surface area contributed by atoms with Gasteiger partial charge in [0.1, 0.15) is 18.2 Å². The largest absolute Gasteiger partial charge is 0.491 e. The molecule has 0 radical (unpaired) electrons. The molecule has 2 amide bonds. The molecule has 1 atom stereocenters. The van der Waals surface area contributed by atoms with E-state index in [1.54, 1.807) is 6.08 Å². The van der Waals surface area contributed by atoms with Crippen molar-refractivity contribution in [2.24, 2.45) is 0 Å². The third-order valence-corrected chi connectivity index (χ3v) is 5.39. The van der Waals surface area contributed by atoms with Gasteiger partial charge in [0, 0.05) is 12.7 Å². The van der Waals surface area contributed by atoms with Gasteiger partial charge in [-0.15, -0.1) is 0 Å². The fraction of sp³-hybridized carbons (Fsp3) is 0.250. The molecule has 3 heterocycles. The van der Waals surface area contributed by atoms with Gasteiger partial charge in [-0.05, 0) is 60.5 Å². The van der Waals surface area contributed by atoms with Gasteiger partial charge in [-0.3, -0.25) is 14.9 Å². The molecule has 7 heteroatoms. The zero-order valence-corrected chi connectivity index (χ0v) is 15.4. The van der Waals surface area contributed by atoms with Gasteiger partial charge in [0.25, 0.3) is 11.1 Å². The summed E-state index contributed by atoms with van der Waals surface area (Å²) in [5.74, 6) is 1.43. The molecular formula is C20H19N3O3S. The number of hydrogen-bond acceptors (Lipinski definition) is 6. The zero-order valence-electron chi connectivity index (χ0n) is 14.6. The van der Waals surface area contributed by atoms with Crippen LogP contribution >= 0.6 is 11.8 Å². The quantitative estimate of drug-likeness (QED) is 0.800. The van der Waals surface area contributed by atoms with Crippen LogP contribution in [0.1, 0.15) is 18.4 Å². The smallest absolute Gasteiger partial charge is 0.290 e. The summed E-state index contributed by atoms with van der Waals surface area (Å²) in [7, 11) is 0. The van der Waals surface area contributed by atoms with Gasteiger partial charge < -0.3 is 9.64 Å². The summed E-state index contributed by atoms with van der Waals surface area (Å²) < 4.78 is 5.98. The molecule has 2 aromatic rings. The zero-order chi connectivity index (χ0) is 18.6. The summed E-state index contributed by atoms with van der Waals surface area (Å²) >= 11 is 0.917. The lowest BCUT2D eigenvalue weighted by molar-refractivity contribution is -0.115. The van der Waals surface area contributed by atoms with Gasteiger partial charge in [-0.1, -0.05) is 18.2 Å². The number of aromatic nitrogens is 1. The van der Waals surface area contributed by atoms with Crippen LogP contribution in [0.2, 0.25) is 0 Å². The number of carbonyl (C=O) groups is 2. The molecule has 138 valence electrons. The van der Waals surface area contributed by atoms with E-state index in [0.717, 1.165) is 48.3 Å². The van der Waals surface area contributed by atoms with E-state index in [-0.39, 0.29) is 11.1 Å². The molecule has 0 unspecified atom stereocenters. The second-order valence-electron chi connectivity index (χ2n) is 6.41. The number of nitrogens with one attached hydrogen (secondary N) is 1. The third-order valence-electron chi connectivity index (χ3n) is 4.58. The lowest BCUT2D eigenvalue weighted by atomic mass is 10.2. The van der Waals surface area contributed by atoms with Gasteiger partial charge >= 0.3 is 0 Å². The van der Waals surface area contributed by atoms with Gasteiger partial charge in [-0.25, -0.2) is 4.98 Å². The van der Waals surface area contributed by atoms with Crippen LogP contribution in [0.15, 0.2) is 53.6 Å². The maximum Gasteiger partial charge on any atom is 0.290 e. The van der Waals surface area contributed by atoms with Crippen LogP contribution in [0.3, 0.4) is 0 Å². The number of pyridine rings is 1. The van der Waals surface area contributed by atoms with E-state index in [1.807, 2.05) is 48.7 Å². The number of rotatable bonds is 5. The Bertz CT molecular complexity index is 868. The molecule has 2 aliphatic rings. The highest BCUT2D eigenvalue weighted by atomic mass is 32.2. The molecule has 2 aliphatic heterocycles. The molecule has 2 saturated heterocycles. The van der Waals surface area contributed by atoms with E-state index in [2.05, 4.69) is 15.2 Å². The molecule has 0 aliphatic carbocycles. The molecule has 0 bridgehead atoms. The number of nitrogens with zero attached hydrogens (tertiary/aromatic N) is 2. The number of anilines is 1. The highest BCUT2D eigenvalue weighted by Gasteiger charge is 2.26. The SMILES string of the molecule is O=C1NC(=O)C(=Cc2ccc(OC[C@H]3CCCN3c3ccccn3)cc2)S1. The Balaban J connectivity index is 1.37. The molecule has 1 aromatic heterocycles. The number of amides is 2. The van der Waals surface area contributed by atoms with E-state index >= 15 is 0 Å². The van der Waals surface area contributed by atoms with Crippen molar-refractivity contribution >= 4 is 34.8 Å². The standard InChI is InChI=1S/C20H19N3O3S/c24-19-17(27-20(25)22-19)12-14-6-8-16(9-7-14)26-13-15-4-3-11-23(15)18-5-1-2-10-21-18/h1-2,5-10,12,15H,3-4,11,13H2,(H,22,24,25)/t15-/m1/s1. The Kier molecular flexibility index (Phi) is 5.11. The fourth-order valence-corrected chi connectivity index (χ4v) is 3.94. The monoisotopic (exact) mass is 381 g/mol. The minimum atomic E-state index is -0.346. The number of benzene rings is 1. The summed E-state index contributed by atoms with van der Waals surface area (Å²) in [5, 5.41) is 1.92. The van der Waals surface area contributed by atoms with Crippen molar-refractivity contribution in [3.8, 4) is 5.75 Å². The minimum absolute atomic E-state index is 0.311. The molecule has 0 saturated carbocycles. The number of thioether (sulfide) groups is 1. The summed E-state index contributed by atoms with van der Waals surface area (Å²) in [5.41, 5.74) is 0.852. The van der Waals surface area contributed by atoms with Gasteiger partial charge in [-0.2, -0.15) is 0 Å². The van der Waals surface area contributed by atoms with E-state index in [0.29, 0.717) is 17.6 Å². The van der Waals surface area contributed by atoms with Crippen molar-refractivity contribution in [2.75, 3.05) is 18.1 Å². The van der Waals surface area contributed by atoms with Crippen molar-refractivity contribution in [3.63, 3.8) is 0 Å². The maximum absolute atomic E-state index is 11.6. The van der Waals surface area contributed by atoms with E-state index in [4.69, 9.17) is 4.74 Å². The highest BCUT2D eigenvalue weighted by Crippen LogP contribution is 2.27. The summed E-state index contributed by atoms with van der Waals surface area (Å²) in [6, 6.07) is 13.8. The second kappa shape index (κ2) is 7.84. The van der Waals surface area contributed by atoms with Crippen LogP contribution in [-0.2, 0) is 4.79 Å². The number of imide groups is 1. The Labute approximate surface area is 161 Å². The summed E-state index contributed by atoms with van der Waals surface area (Å²) in [6.07, 6.45) is 5.74. The molecule has 4 rings (SSSR count). The van der Waals surface area contributed by atoms with Crippen LogP contribution in [0.25, 0.3) is 6.08 Å². The minimum Gasteiger partial charge on any atom is -0.491 e. The molecule has 6 nitrogen and oxygen atoms in total. The van der Waals surface area contributed by atoms with Crippen LogP contribution < -0.4 is 15.0 Å². The first-order chi connectivity index (χ1) is 13.2. The molecular weight excluding hydrogens is 362 g/mol. The van der Waals surface area contributed by atoms with Crippen LogP contribution in [0, 0.1) is 0 Å². The molecule has 0 spiro atoms. The van der Waals surface area contributed by atoms with Crippen LogP contribution in [0.5, 0.6) is 5.75 Å².